The van der Waals surface area contributed by atoms with E-state index < -0.39 is 0 Å². The summed E-state index contributed by atoms with van der Waals surface area (Å²) in [6.45, 7) is 2.61. The van der Waals surface area contributed by atoms with Gasteiger partial charge in [-0.05, 0) is 63.4 Å². The van der Waals surface area contributed by atoms with Gasteiger partial charge >= 0.3 is 0 Å². The number of amides is 1. The molecule has 0 spiro atoms. The molecule has 0 radical (unpaired) electrons. The summed E-state index contributed by atoms with van der Waals surface area (Å²) in [5.41, 5.74) is 0.747. The highest BCUT2D eigenvalue weighted by Crippen LogP contribution is 2.29. The minimum absolute atomic E-state index is 0.0168. The van der Waals surface area contributed by atoms with Crippen LogP contribution in [0.2, 0.25) is 0 Å². The summed E-state index contributed by atoms with van der Waals surface area (Å²) in [5, 5.41) is 20.7. The predicted molar refractivity (Wildman–Crippen MR) is 102 cm³/mol. The molecule has 9 nitrogen and oxygen atoms in total. The number of carbonyl (C=O) groups excluding carboxylic acids is 1. The molecule has 3 aromatic rings. The zero-order chi connectivity index (χ0) is 18.9. The maximum atomic E-state index is 12.4. The van der Waals surface area contributed by atoms with Gasteiger partial charge in [0.15, 0.2) is 17.3 Å². The lowest BCUT2D eigenvalue weighted by atomic mass is 9.94. The second kappa shape index (κ2) is 7.31. The third kappa shape index (κ3) is 3.15. The lowest BCUT2D eigenvalue weighted by Crippen LogP contribution is -2.48. The van der Waals surface area contributed by atoms with Crippen molar-refractivity contribution in [2.24, 2.45) is 0 Å². The van der Waals surface area contributed by atoms with Crippen LogP contribution in [0.15, 0.2) is 30.6 Å². The van der Waals surface area contributed by atoms with Crippen LogP contribution in [0, 0.1) is 0 Å². The molecular formula is C19H24N8O. The van der Waals surface area contributed by atoms with Crippen molar-refractivity contribution in [2.45, 2.75) is 44.1 Å². The van der Waals surface area contributed by atoms with E-state index in [9.17, 15) is 4.79 Å². The Hall–Kier alpha value is -2.81. The molecule has 2 saturated heterocycles. The Morgan fingerprint density at radius 1 is 1.07 bits per heavy atom. The first-order valence-electron chi connectivity index (χ1n) is 10.0. The van der Waals surface area contributed by atoms with Crippen molar-refractivity contribution in [3.05, 3.63) is 36.4 Å². The summed E-state index contributed by atoms with van der Waals surface area (Å²) >= 11 is 0. The van der Waals surface area contributed by atoms with Crippen LogP contribution < -0.4 is 5.32 Å². The molecule has 2 aliphatic rings. The zero-order valence-electron chi connectivity index (χ0n) is 15.7. The van der Waals surface area contributed by atoms with E-state index in [1.807, 2.05) is 28.9 Å². The normalized spacial score (nSPS) is 22.3. The first-order chi connectivity index (χ1) is 13.8. The van der Waals surface area contributed by atoms with Crippen molar-refractivity contribution in [3.8, 4) is 5.82 Å². The molecule has 0 aliphatic carbocycles. The molecule has 146 valence electrons. The van der Waals surface area contributed by atoms with Gasteiger partial charge in [-0.3, -0.25) is 9.69 Å². The maximum absolute atomic E-state index is 12.4. The molecule has 1 atom stereocenters. The van der Waals surface area contributed by atoms with Crippen LogP contribution >= 0.6 is 0 Å². The van der Waals surface area contributed by atoms with Gasteiger partial charge < -0.3 is 5.32 Å². The molecule has 2 fully saturated rings. The summed E-state index contributed by atoms with van der Waals surface area (Å²) in [6.07, 6.45) is 8.66. The summed E-state index contributed by atoms with van der Waals surface area (Å²) < 4.78 is 3.58. The van der Waals surface area contributed by atoms with Gasteiger partial charge in [0.2, 0.25) is 5.91 Å². The minimum atomic E-state index is 0.0168. The van der Waals surface area contributed by atoms with E-state index in [1.54, 1.807) is 10.9 Å². The molecule has 28 heavy (non-hydrogen) atoms. The molecule has 5 heterocycles. The van der Waals surface area contributed by atoms with Crippen LogP contribution in [-0.4, -0.2) is 66.1 Å². The van der Waals surface area contributed by atoms with E-state index in [4.69, 9.17) is 5.10 Å². The average Bonchev–Trinajstić information content (AvgIpc) is 3.36. The number of hydrogen-bond donors (Lipinski definition) is 1. The van der Waals surface area contributed by atoms with Gasteiger partial charge in [-0.15, -0.1) is 15.3 Å². The van der Waals surface area contributed by atoms with Crippen molar-refractivity contribution < 1.29 is 4.79 Å². The molecule has 0 saturated carbocycles. The summed E-state index contributed by atoms with van der Waals surface area (Å²) in [5.74, 6) is 2.12. The van der Waals surface area contributed by atoms with Gasteiger partial charge in [-0.1, -0.05) is 0 Å². The zero-order valence-corrected chi connectivity index (χ0v) is 15.7. The van der Waals surface area contributed by atoms with E-state index in [0.717, 1.165) is 69.0 Å². The van der Waals surface area contributed by atoms with Gasteiger partial charge in [0, 0.05) is 24.9 Å². The van der Waals surface area contributed by atoms with E-state index in [0.29, 0.717) is 5.92 Å². The quantitative estimate of drug-likeness (QED) is 0.733. The molecule has 1 N–H and O–H groups in total. The third-order valence-electron chi connectivity index (χ3n) is 5.85. The predicted octanol–water partition coefficient (Wildman–Crippen LogP) is 1.16. The highest BCUT2D eigenvalue weighted by Gasteiger charge is 2.32. The van der Waals surface area contributed by atoms with Crippen molar-refractivity contribution >= 4 is 11.6 Å². The second-order valence-corrected chi connectivity index (χ2v) is 7.58. The highest BCUT2D eigenvalue weighted by molar-refractivity contribution is 5.81. The Morgan fingerprint density at radius 2 is 1.96 bits per heavy atom. The van der Waals surface area contributed by atoms with E-state index in [1.165, 1.54) is 0 Å². The number of piperidine rings is 1. The van der Waals surface area contributed by atoms with Crippen LogP contribution in [0.25, 0.3) is 11.5 Å². The molecule has 0 aromatic carbocycles. The van der Waals surface area contributed by atoms with Crippen molar-refractivity contribution in [3.63, 3.8) is 0 Å². The monoisotopic (exact) mass is 380 g/mol. The molecular weight excluding hydrogens is 356 g/mol. The lowest BCUT2D eigenvalue weighted by Gasteiger charge is -2.35. The Morgan fingerprint density at radius 3 is 2.79 bits per heavy atom. The fraction of sp³-hybridized carbons (Fsp3) is 0.526. The smallest absolute Gasteiger partial charge is 0.237 e. The number of nitrogens with zero attached hydrogens (tertiary/aromatic N) is 7. The summed E-state index contributed by atoms with van der Waals surface area (Å²) in [4.78, 5) is 14.7. The fourth-order valence-corrected chi connectivity index (χ4v) is 4.32. The van der Waals surface area contributed by atoms with Gasteiger partial charge in [0.05, 0.1) is 6.04 Å². The van der Waals surface area contributed by atoms with Crippen molar-refractivity contribution in [2.75, 3.05) is 19.6 Å². The number of nitrogens with one attached hydrogen (secondary N) is 1. The van der Waals surface area contributed by atoms with Crippen LogP contribution in [-0.2, 0) is 4.79 Å². The minimum Gasteiger partial charge on any atom is -0.355 e. The number of rotatable bonds is 3. The molecule has 1 unspecified atom stereocenters. The third-order valence-corrected chi connectivity index (χ3v) is 5.85. The molecule has 1 amide bonds. The lowest BCUT2D eigenvalue weighted by molar-refractivity contribution is -0.126. The fourth-order valence-electron chi connectivity index (χ4n) is 4.32. The van der Waals surface area contributed by atoms with Crippen LogP contribution in [0.4, 0.5) is 0 Å². The van der Waals surface area contributed by atoms with Crippen LogP contribution in [0.3, 0.4) is 0 Å². The SMILES string of the molecule is O=C1NCCCCC1N1CCC(c2nnc3ccc(-n4cccn4)nn23)CC1. The second-order valence-electron chi connectivity index (χ2n) is 7.58. The Balaban J connectivity index is 1.34. The summed E-state index contributed by atoms with van der Waals surface area (Å²) in [7, 11) is 0. The summed E-state index contributed by atoms with van der Waals surface area (Å²) in [6, 6.07) is 5.71. The molecule has 9 heteroatoms. The van der Waals surface area contributed by atoms with Crippen LogP contribution in [0.5, 0.6) is 0 Å². The first-order valence-corrected chi connectivity index (χ1v) is 10.0. The number of carbonyl (C=O) groups is 1. The Kier molecular flexibility index (Phi) is 4.52. The molecule has 5 rings (SSSR count). The van der Waals surface area contributed by atoms with Gasteiger partial charge in [0.25, 0.3) is 0 Å². The van der Waals surface area contributed by atoms with Gasteiger partial charge in [-0.2, -0.15) is 9.61 Å². The Bertz CT molecular complexity index is 958. The van der Waals surface area contributed by atoms with Gasteiger partial charge in [0.1, 0.15) is 0 Å². The number of likely N-dealkylation sites (tertiary alicyclic amines) is 1. The highest BCUT2D eigenvalue weighted by atomic mass is 16.2. The van der Waals surface area contributed by atoms with Crippen molar-refractivity contribution in [1.82, 2.24) is 39.8 Å². The number of aromatic nitrogens is 6. The van der Waals surface area contributed by atoms with E-state index in [-0.39, 0.29) is 11.9 Å². The van der Waals surface area contributed by atoms with E-state index >= 15 is 0 Å². The number of hydrogen-bond acceptors (Lipinski definition) is 6. The maximum Gasteiger partial charge on any atom is 0.237 e. The standard InChI is InChI=1S/C19H24N8O/c28-19-15(4-1-2-9-20-19)25-12-7-14(8-13-25)18-23-22-16-5-6-17(24-27(16)18)26-11-3-10-21-26/h3,5-6,10-11,14-15H,1-2,4,7-9,12-13H2,(H,20,28). The van der Waals surface area contributed by atoms with E-state index in [2.05, 4.69) is 25.5 Å². The number of fused-ring (bicyclic) bond motifs is 1. The topological polar surface area (TPSA) is 93.2 Å². The van der Waals surface area contributed by atoms with Crippen LogP contribution in [0.1, 0.15) is 43.8 Å². The largest absolute Gasteiger partial charge is 0.355 e. The first kappa shape index (κ1) is 17.3. The van der Waals surface area contributed by atoms with Gasteiger partial charge in [-0.25, -0.2) is 4.68 Å². The molecule has 3 aromatic heterocycles. The molecule has 2 aliphatic heterocycles. The Labute approximate surface area is 162 Å². The molecule has 0 bridgehead atoms. The van der Waals surface area contributed by atoms with Crippen molar-refractivity contribution in [1.29, 1.82) is 0 Å². The average molecular weight is 380 g/mol.